The van der Waals surface area contributed by atoms with E-state index >= 15 is 0 Å². The molecule has 1 aromatic rings. The first-order chi connectivity index (χ1) is 8.58. The van der Waals surface area contributed by atoms with Crippen molar-refractivity contribution in [2.75, 3.05) is 13.6 Å². The molecule has 0 aliphatic heterocycles. The Morgan fingerprint density at radius 2 is 2.11 bits per heavy atom. The second-order valence-electron chi connectivity index (χ2n) is 5.14. The molecule has 0 fully saturated rings. The molecule has 0 saturated heterocycles. The Kier molecular flexibility index (Phi) is 4.02. The lowest BCUT2D eigenvalue weighted by Gasteiger charge is -2.18. The van der Waals surface area contributed by atoms with Crippen molar-refractivity contribution in [2.45, 2.75) is 38.7 Å². The molecule has 3 heteroatoms. The Morgan fingerprint density at radius 1 is 1.39 bits per heavy atom. The van der Waals surface area contributed by atoms with Gasteiger partial charge in [0.15, 0.2) is 0 Å². The predicted molar refractivity (Wildman–Crippen MR) is 71.5 cm³/mol. The summed E-state index contributed by atoms with van der Waals surface area (Å²) in [5.74, 6) is -0.212. The molecule has 0 aromatic heterocycles. The summed E-state index contributed by atoms with van der Waals surface area (Å²) in [4.78, 5) is 13.1. The van der Waals surface area contributed by atoms with Crippen molar-refractivity contribution in [3.8, 4) is 0 Å². The van der Waals surface area contributed by atoms with E-state index in [1.54, 1.807) is 11.9 Å². The average Bonchev–Trinajstić information content (AvgIpc) is 2.82. The van der Waals surface area contributed by atoms with Crippen LogP contribution in [-0.2, 0) is 24.1 Å². The molecule has 0 heterocycles. The van der Waals surface area contributed by atoms with E-state index in [0.29, 0.717) is 6.54 Å². The molecule has 1 aliphatic rings. The van der Waals surface area contributed by atoms with Crippen LogP contribution in [0.1, 0.15) is 30.0 Å². The average molecular weight is 247 g/mol. The zero-order chi connectivity index (χ0) is 13.1. The Labute approximate surface area is 108 Å². The lowest BCUT2D eigenvalue weighted by atomic mass is 10.0. The number of amides is 1. The Morgan fingerprint density at radius 3 is 2.83 bits per heavy atom. The van der Waals surface area contributed by atoms with Gasteiger partial charge in [0.1, 0.15) is 6.10 Å². The highest BCUT2D eigenvalue weighted by atomic mass is 16.3. The van der Waals surface area contributed by atoms with Crippen molar-refractivity contribution in [2.24, 2.45) is 0 Å². The highest BCUT2D eigenvalue weighted by Crippen LogP contribution is 2.23. The minimum absolute atomic E-state index is 0.212. The van der Waals surface area contributed by atoms with Gasteiger partial charge in [-0.05, 0) is 49.3 Å². The molecular formula is C15H21NO2. The van der Waals surface area contributed by atoms with Crippen LogP contribution in [0.3, 0.4) is 0 Å². The van der Waals surface area contributed by atoms with Gasteiger partial charge in [0.2, 0.25) is 0 Å². The van der Waals surface area contributed by atoms with Crippen LogP contribution in [0.5, 0.6) is 0 Å². The normalized spacial score (nSPS) is 15.3. The summed E-state index contributed by atoms with van der Waals surface area (Å²) in [5, 5.41) is 9.22. The zero-order valence-electron chi connectivity index (χ0n) is 11.1. The number of rotatable bonds is 4. The first-order valence-corrected chi connectivity index (χ1v) is 6.61. The van der Waals surface area contributed by atoms with E-state index in [9.17, 15) is 9.90 Å². The predicted octanol–water partition coefficient (Wildman–Crippen LogP) is 1.56. The largest absolute Gasteiger partial charge is 0.384 e. The van der Waals surface area contributed by atoms with E-state index in [1.165, 1.54) is 42.9 Å². The van der Waals surface area contributed by atoms with Crippen LogP contribution in [-0.4, -0.2) is 35.6 Å². The number of carbonyl (C=O) groups is 1. The third-order valence-electron chi connectivity index (χ3n) is 3.63. The van der Waals surface area contributed by atoms with Crippen LogP contribution >= 0.6 is 0 Å². The summed E-state index contributed by atoms with van der Waals surface area (Å²) >= 11 is 0. The second kappa shape index (κ2) is 5.53. The Hall–Kier alpha value is -1.35. The molecule has 1 amide bonds. The summed E-state index contributed by atoms with van der Waals surface area (Å²) in [6, 6.07) is 6.64. The summed E-state index contributed by atoms with van der Waals surface area (Å²) in [6.07, 6.45) is 3.60. The molecule has 0 radical (unpaired) electrons. The monoisotopic (exact) mass is 247 g/mol. The van der Waals surface area contributed by atoms with Crippen LogP contribution in [0.4, 0.5) is 0 Å². The van der Waals surface area contributed by atoms with Gasteiger partial charge in [-0.3, -0.25) is 4.79 Å². The third-order valence-corrected chi connectivity index (χ3v) is 3.63. The van der Waals surface area contributed by atoms with E-state index < -0.39 is 6.10 Å². The van der Waals surface area contributed by atoms with Crippen molar-refractivity contribution < 1.29 is 9.90 Å². The van der Waals surface area contributed by atoms with E-state index in [-0.39, 0.29) is 5.91 Å². The number of carbonyl (C=O) groups excluding carboxylic acids is 1. The Balaban J connectivity index is 1.92. The summed E-state index contributed by atoms with van der Waals surface area (Å²) < 4.78 is 0. The molecular weight excluding hydrogens is 226 g/mol. The zero-order valence-corrected chi connectivity index (χ0v) is 11.1. The number of hydrogen-bond donors (Lipinski definition) is 1. The van der Waals surface area contributed by atoms with E-state index in [2.05, 4.69) is 18.2 Å². The van der Waals surface area contributed by atoms with Crippen LogP contribution in [0.15, 0.2) is 18.2 Å². The Bertz CT molecular complexity index is 440. The van der Waals surface area contributed by atoms with Gasteiger partial charge in [-0.25, -0.2) is 0 Å². The van der Waals surface area contributed by atoms with Crippen molar-refractivity contribution in [1.29, 1.82) is 0 Å². The fourth-order valence-corrected chi connectivity index (χ4v) is 2.51. The van der Waals surface area contributed by atoms with Gasteiger partial charge in [0.05, 0.1) is 0 Å². The van der Waals surface area contributed by atoms with Gasteiger partial charge >= 0.3 is 0 Å². The molecule has 1 aliphatic carbocycles. The van der Waals surface area contributed by atoms with E-state index in [4.69, 9.17) is 0 Å². The van der Waals surface area contributed by atoms with E-state index in [1.807, 2.05) is 0 Å². The molecule has 0 bridgehead atoms. The van der Waals surface area contributed by atoms with Gasteiger partial charge in [-0.2, -0.15) is 0 Å². The van der Waals surface area contributed by atoms with Crippen molar-refractivity contribution in [3.05, 3.63) is 34.9 Å². The first-order valence-electron chi connectivity index (χ1n) is 6.61. The van der Waals surface area contributed by atoms with Crippen LogP contribution in [0.25, 0.3) is 0 Å². The molecule has 1 aromatic carbocycles. The second-order valence-corrected chi connectivity index (χ2v) is 5.14. The van der Waals surface area contributed by atoms with Crippen molar-refractivity contribution in [1.82, 2.24) is 4.90 Å². The highest BCUT2D eigenvalue weighted by Gasteiger charge is 2.15. The quantitative estimate of drug-likeness (QED) is 0.877. The van der Waals surface area contributed by atoms with Crippen molar-refractivity contribution in [3.63, 3.8) is 0 Å². The molecule has 1 atom stereocenters. The lowest BCUT2D eigenvalue weighted by Crippen LogP contribution is -2.35. The topological polar surface area (TPSA) is 40.5 Å². The number of fused-ring (bicyclic) bond motifs is 1. The molecule has 98 valence electrons. The van der Waals surface area contributed by atoms with Gasteiger partial charge < -0.3 is 10.0 Å². The van der Waals surface area contributed by atoms with Crippen LogP contribution in [0, 0.1) is 0 Å². The lowest BCUT2D eigenvalue weighted by molar-refractivity contribution is -0.137. The third kappa shape index (κ3) is 2.91. The van der Waals surface area contributed by atoms with E-state index in [0.717, 1.165) is 6.42 Å². The number of nitrogens with zero attached hydrogens (tertiary/aromatic N) is 1. The first kappa shape index (κ1) is 13.1. The smallest absolute Gasteiger partial charge is 0.250 e. The number of hydrogen-bond acceptors (Lipinski definition) is 2. The molecule has 3 nitrogen and oxygen atoms in total. The fourth-order valence-electron chi connectivity index (χ4n) is 2.51. The number of benzene rings is 1. The standard InChI is InChI=1S/C15H21NO2/c1-11(17)15(18)16(2)9-8-12-6-7-13-4-3-5-14(13)10-12/h6-7,10-11,17H,3-5,8-9H2,1-2H3. The maximum atomic E-state index is 11.5. The van der Waals surface area contributed by atoms with Crippen LogP contribution < -0.4 is 0 Å². The van der Waals surface area contributed by atoms with Gasteiger partial charge in [0.25, 0.3) is 5.91 Å². The molecule has 0 spiro atoms. The number of likely N-dealkylation sites (N-methyl/N-ethyl adjacent to an activating group) is 1. The SMILES string of the molecule is CC(O)C(=O)N(C)CCc1ccc2c(c1)CCC2. The maximum absolute atomic E-state index is 11.5. The molecule has 1 unspecified atom stereocenters. The summed E-state index contributed by atoms with van der Waals surface area (Å²) in [5.41, 5.74) is 4.23. The molecule has 1 N–H and O–H groups in total. The fraction of sp³-hybridized carbons (Fsp3) is 0.533. The summed E-state index contributed by atoms with van der Waals surface area (Å²) in [6.45, 7) is 2.16. The molecule has 0 saturated carbocycles. The highest BCUT2D eigenvalue weighted by molar-refractivity contribution is 5.79. The van der Waals surface area contributed by atoms with Gasteiger partial charge in [0, 0.05) is 13.6 Å². The number of aliphatic hydroxyl groups is 1. The van der Waals surface area contributed by atoms with Crippen LogP contribution in [0.2, 0.25) is 0 Å². The molecule has 2 rings (SSSR count). The van der Waals surface area contributed by atoms with Gasteiger partial charge in [-0.1, -0.05) is 18.2 Å². The summed E-state index contributed by atoms with van der Waals surface area (Å²) in [7, 11) is 1.74. The number of aliphatic hydroxyl groups excluding tert-OH is 1. The maximum Gasteiger partial charge on any atom is 0.250 e. The number of aryl methyl sites for hydroxylation is 2. The minimum atomic E-state index is -0.907. The van der Waals surface area contributed by atoms with Gasteiger partial charge in [-0.15, -0.1) is 0 Å². The minimum Gasteiger partial charge on any atom is -0.384 e. The van der Waals surface area contributed by atoms with Crippen molar-refractivity contribution >= 4 is 5.91 Å². The molecule has 18 heavy (non-hydrogen) atoms.